The third-order valence-electron chi connectivity index (χ3n) is 12.9. The molecule has 14 rings (SSSR count). The fourth-order valence-electron chi connectivity index (χ4n) is 9.63. The van der Waals surface area contributed by atoms with Crippen LogP contribution in [0.4, 0.5) is 0 Å². The molecule has 0 aliphatic heterocycles. The highest BCUT2D eigenvalue weighted by molar-refractivity contribution is 9.10. The lowest BCUT2D eigenvalue weighted by atomic mass is 9.79. The molecule has 0 radical (unpaired) electrons. The van der Waals surface area contributed by atoms with Gasteiger partial charge in [0, 0.05) is 4.47 Å². The fraction of sp³-hybridized carbons (Fsp3) is 0. The molecule has 0 unspecified atom stereocenters. The minimum atomic E-state index is -1.38. The first-order valence-corrected chi connectivity index (χ1v) is 23.8. The third kappa shape index (κ3) is 8.81. The molecule has 0 atom stereocenters. The topological polar surface area (TPSA) is 40.5 Å². The first-order valence-electron chi connectivity index (χ1n) is 31.0. The minimum Gasteiger partial charge on any atom is -0.423 e. The van der Waals surface area contributed by atoms with Crippen LogP contribution in [0.2, 0.25) is 0 Å². The summed E-state index contributed by atoms with van der Waals surface area (Å²) < 4.78 is 139. The SMILES string of the molecule is OB(O)c1ccc2ccccc2c1.[2H]c1c([2H])c([2H])c2c(-c3cccc4ccccc34)c3c([2H])c([2H])c([2H])c([2H])c3c(-c3ccc4ccccc4c3)c2c1[2H].[2H]c1c([2H])c([2H])c2c(-c3cccc4ccccc34)c3c([2H])c([2H])c([2H])c([2H])c3c(Br)c2c1[2H].[CH3-]. The van der Waals surface area contributed by atoms with Crippen molar-refractivity contribution in [2.75, 3.05) is 0 Å². The van der Waals surface area contributed by atoms with E-state index in [0.717, 1.165) is 43.1 Å². The number of halogens is 1. The van der Waals surface area contributed by atoms with Gasteiger partial charge in [0.15, 0.2) is 0 Å². The van der Waals surface area contributed by atoms with Crippen molar-refractivity contribution in [1.82, 2.24) is 0 Å². The van der Waals surface area contributed by atoms with Crippen molar-refractivity contribution in [3.05, 3.63) is 278 Å². The molecule has 0 amide bonds. The molecule has 73 heavy (non-hydrogen) atoms. The summed E-state index contributed by atoms with van der Waals surface area (Å²) in [5.41, 5.74) is 3.46. The van der Waals surface area contributed by atoms with E-state index < -0.39 is 55.5 Å². The van der Waals surface area contributed by atoms with Gasteiger partial charge in [0.2, 0.25) is 0 Å². The lowest BCUT2D eigenvalue weighted by Gasteiger charge is -2.19. The maximum Gasteiger partial charge on any atom is 0.488 e. The molecule has 4 heteroatoms. The number of rotatable bonds is 4. The summed E-state index contributed by atoms with van der Waals surface area (Å²) >= 11 is 3.43. The summed E-state index contributed by atoms with van der Waals surface area (Å²) in [7, 11) is -1.38. The van der Waals surface area contributed by atoms with E-state index in [9.17, 15) is 0 Å². The summed E-state index contributed by atoms with van der Waals surface area (Å²) in [6, 6.07) is 47.7. The Kier molecular flexibility index (Phi) is 8.90. The quantitative estimate of drug-likeness (QED) is 0.105. The molecule has 0 aliphatic rings. The molecular formula is C69H49BBrO2-. The molecule has 14 aromatic carbocycles. The van der Waals surface area contributed by atoms with Crippen LogP contribution in [0.15, 0.2) is 271 Å². The van der Waals surface area contributed by atoms with Gasteiger partial charge < -0.3 is 17.5 Å². The monoisotopic (exact) mass is 1020 g/mol. The van der Waals surface area contributed by atoms with Crippen LogP contribution in [0.5, 0.6) is 0 Å². The summed E-state index contributed by atoms with van der Waals surface area (Å²) in [4.78, 5) is 0. The highest BCUT2D eigenvalue weighted by Gasteiger charge is 2.19. The highest BCUT2D eigenvalue weighted by Crippen LogP contribution is 2.46. The molecule has 14 aromatic rings. The van der Waals surface area contributed by atoms with Gasteiger partial charge in [-0.05, 0) is 147 Å². The smallest absolute Gasteiger partial charge is 0.423 e. The predicted octanol–water partition coefficient (Wildman–Crippen LogP) is 18.2. The van der Waals surface area contributed by atoms with Gasteiger partial charge in [0.25, 0.3) is 0 Å². The normalized spacial score (nSPS) is 14.2. The van der Waals surface area contributed by atoms with Crippen LogP contribution in [-0.2, 0) is 0 Å². The van der Waals surface area contributed by atoms with Gasteiger partial charge in [-0.15, -0.1) is 0 Å². The second kappa shape index (κ2) is 20.4. The Labute approximate surface area is 456 Å². The van der Waals surface area contributed by atoms with E-state index >= 15 is 0 Å². The zero-order chi connectivity index (χ0) is 62.5. The van der Waals surface area contributed by atoms with Gasteiger partial charge in [-0.3, -0.25) is 0 Å². The van der Waals surface area contributed by atoms with Gasteiger partial charge >= 0.3 is 7.12 Å². The van der Waals surface area contributed by atoms with Gasteiger partial charge in [-0.25, -0.2) is 0 Å². The average molecular weight is 1020 g/mol. The lowest BCUT2D eigenvalue weighted by molar-refractivity contribution is 0.426. The molecule has 0 bridgehead atoms. The van der Waals surface area contributed by atoms with Crippen LogP contribution < -0.4 is 5.46 Å². The molecular weight excluding hydrogens is 951 g/mol. The second-order valence-corrected chi connectivity index (χ2v) is 17.8. The fourth-order valence-corrected chi connectivity index (χ4v) is 10.2. The summed E-state index contributed by atoms with van der Waals surface area (Å²) in [5.74, 6) is 0. The van der Waals surface area contributed by atoms with Gasteiger partial charge in [0.05, 0.1) is 21.9 Å². The van der Waals surface area contributed by atoms with E-state index in [2.05, 4.69) is 15.9 Å². The lowest BCUT2D eigenvalue weighted by Crippen LogP contribution is -2.29. The largest absolute Gasteiger partial charge is 0.488 e. The summed E-state index contributed by atoms with van der Waals surface area (Å²) in [5, 5.41) is 27.0. The average Bonchev–Trinajstić information content (AvgIpc) is 0.717. The molecule has 0 fully saturated rings. The molecule has 348 valence electrons. The zero-order valence-electron chi connectivity index (χ0n) is 55.0. The second-order valence-electron chi connectivity index (χ2n) is 17.0. The van der Waals surface area contributed by atoms with Crippen molar-refractivity contribution in [1.29, 1.82) is 0 Å². The van der Waals surface area contributed by atoms with Crippen LogP contribution in [0.1, 0.15) is 21.9 Å². The van der Waals surface area contributed by atoms with Crippen LogP contribution >= 0.6 is 15.9 Å². The van der Waals surface area contributed by atoms with Crippen LogP contribution in [-0.4, -0.2) is 17.2 Å². The predicted molar refractivity (Wildman–Crippen MR) is 320 cm³/mol. The van der Waals surface area contributed by atoms with Crippen molar-refractivity contribution < 1.29 is 32.0 Å². The first kappa shape index (κ1) is 31.9. The Bertz CT molecular complexity index is 5140. The van der Waals surface area contributed by atoms with Crippen molar-refractivity contribution in [2.45, 2.75) is 0 Å². The zero-order valence-corrected chi connectivity index (χ0v) is 40.6. The standard InChI is InChI=1S/C34H22.C24H15Br.C10H9BO2.CH3/c1-2-12-25-22-26(21-20-23(25)10-1)33-29-15-5-7-17-31(29)34(32-18-8-6-16-30(32)33)28-19-9-13-24-11-3-4-14-27(24)28;25-24-21-13-5-3-11-19(21)23(20-12-4-6-14-22(20)24)18-15-7-9-16-8-1-2-10-17(16)18;12-11(13)10-6-5-8-3-1-2-4-9(8)7-10;/h1-22H;1-15H;1-7,12-13H;1H3/q;;;-1/i5D,6D,7D,8D,15D,16D,17D,18D;3D,4D,5D,6D,11D,12D,13D,14D;;. The first-order chi connectivity index (χ1) is 42.1. The molecule has 0 heterocycles. The van der Waals surface area contributed by atoms with Crippen molar-refractivity contribution in [3.8, 4) is 33.4 Å². The minimum absolute atomic E-state index is 0. The van der Waals surface area contributed by atoms with E-state index in [-0.39, 0.29) is 103 Å². The number of fused-ring (bicyclic) bond motifs is 8. The third-order valence-corrected chi connectivity index (χ3v) is 13.7. The maximum absolute atomic E-state index is 9.13. The molecule has 0 saturated carbocycles. The molecule has 0 spiro atoms. The Hall–Kier alpha value is -8.38. The number of hydrogen-bond acceptors (Lipinski definition) is 2. The molecule has 0 aliphatic carbocycles. The summed E-state index contributed by atoms with van der Waals surface area (Å²) in [6.07, 6.45) is 0. The van der Waals surface area contributed by atoms with E-state index in [1.54, 1.807) is 12.1 Å². The Morgan fingerprint density at radius 3 is 1.11 bits per heavy atom. The van der Waals surface area contributed by atoms with Crippen LogP contribution in [0.25, 0.3) is 120 Å². The molecule has 2 N–H and O–H groups in total. The van der Waals surface area contributed by atoms with Crippen LogP contribution in [0, 0.1) is 7.43 Å². The Balaban J connectivity index is 0.000000154. The van der Waals surface area contributed by atoms with Gasteiger partial charge in [0.1, 0.15) is 0 Å². The Morgan fingerprint density at radius 1 is 0.315 bits per heavy atom. The van der Waals surface area contributed by atoms with E-state index in [1.807, 2.05) is 158 Å². The van der Waals surface area contributed by atoms with E-state index in [1.165, 1.54) is 0 Å². The van der Waals surface area contributed by atoms with Crippen molar-refractivity contribution in [3.63, 3.8) is 0 Å². The van der Waals surface area contributed by atoms with Crippen LogP contribution in [0.3, 0.4) is 0 Å². The van der Waals surface area contributed by atoms with E-state index in [0.29, 0.717) is 38.8 Å². The van der Waals surface area contributed by atoms with Crippen molar-refractivity contribution >= 4 is 115 Å². The van der Waals surface area contributed by atoms with Gasteiger partial charge in [-0.1, -0.05) is 260 Å². The number of hydrogen-bond donors (Lipinski definition) is 2. The maximum atomic E-state index is 9.13. The van der Waals surface area contributed by atoms with Crippen molar-refractivity contribution in [2.24, 2.45) is 0 Å². The molecule has 2 nitrogen and oxygen atoms in total. The highest BCUT2D eigenvalue weighted by atomic mass is 79.9. The summed E-state index contributed by atoms with van der Waals surface area (Å²) in [6.45, 7) is 0. The molecule has 0 saturated heterocycles. The van der Waals surface area contributed by atoms with Gasteiger partial charge in [-0.2, -0.15) is 0 Å². The van der Waals surface area contributed by atoms with E-state index in [4.69, 9.17) is 32.0 Å². The number of benzene rings is 14. The molecule has 0 aromatic heterocycles. The Morgan fingerprint density at radius 2 is 0.658 bits per heavy atom.